The molecule has 0 aliphatic carbocycles. The number of urea groups is 1. The van der Waals surface area contributed by atoms with E-state index < -0.39 is 17.8 Å². The average molecular weight is 438 g/mol. The molecule has 3 heterocycles. The summed E-state index contributed by atoms with van der Waals surface area (Å²) in [6, 6.07) is 10.2. The highest BCUT2D eigenvalue weighted by molar-refractivity contribution is 6.31. The Bertz CT molecular complexity index is 1240. The van der Waals surface area contributed by atoms with Gasteiger partial charge in [-0.1, -0.05) is 17.7 Å². The molecule has 158 valence electrons. The predicted molar refractivity (Wildman–Crippen MR) is 116 cm³/mol. The van der Waals surface area contributed by atoms with Gasteiger partial charge in [-0.2, -0.15) is 0 Å². The second-order valence-electron chi connectivity index (χ2n) is 7.38. The highest BCUT2D eigenvalue weighted by Gasteiger charge is 2.36. The van der Waals surface area contributed by atoms with E-state index in [2.05, 4.69) is 5.32 Å². The number of nitrogens with zero attached hydrogens (tertiary/aromatic N) is 2. The zero-order chi connectivity index (χ0) is 22.3. The van der Waals surface area contributed by atoms with Gasteiger partial charge in [0.2, 0.25) is 0 Å². The summed E-state index contributed by atoms with van der Waals surface area (Å²) >= 11 is 6.29. The van der Waals surface area contributed by atoms with Crippen molar-refractivity contribution in [2.24, 2.45) is 0 Å². The SMILES string of the molecule is Cc1ccc(-n2c(C)cc(/C=C3\C(=O)NC(=O)N(Cc4ccco4)C3=O)c2C)cc1Cl. The molecule has 7 nitrogen and oxygen atoms in total. The minimum absolute atomic E-state index is 0.0663. The van der Waals surface area contributed by atoms with Gasteiger partial charge in [-0.15, -0.1) is 0 Å². The van der Waals surface area contributed by atoms with E-state index >= 15 is 0 Å². The van der Waals surface area contributed by atoms with Crippen LogP contribution in [0.5, 0.6) is 0 Å². The number of carbonyl (C=O) groups is 3. The van der Waals surface area contributed by atoms with Crippen molar-refractivity contribution in [2.45, 2.75) is 27.3 Å². The van der Waals surface area contributed by atoms with E-state index in [-0.39, 0.29) is 12.1 Å². The van der Waals surface area contributed by atoms with E-state index in [1.54, 1.807) is 12.1 Å². The van der Waals surface area contributed by atoms with Crippen LogP contribution in [0.4, 0.5) is 4.79 Å². The van der Waals surface area contributed by atoms with Gasteiger partial charge in [-0.3, -0.25) is 19.8 Å². The number of aromatic nitrogens is 1. The number of rotatable bonds is 4. The number of aryl methyl sites for hydroxylation is 2. The number of amides is 4. The first kappa shape index (κ1) is 20.7. The molecule has 1 aliphatic heterocycles. The maximum Gasteiger partial charge on any atom is 0.331 e. The summed E-state index contributed by atoms with van der Waals surface area (Å²) in [5, 5.41) is 2.87. The number of barbiturate groups is 1. The summed E-state index contributed by atoms with van der Waals surface area (Å²) in [7, 11) is 0. The summed E-state index contributed by atoms with van der Waals surface area (Å²) in [4.78, 5) is 38.5. The van der Waals surface area contributed by atoms with Crippen molar-refractivity contribution in [2.75, 3.05) is 0 Å². The Kier molecular flexibility index (Phi) is 5.29. The second kappa shape index (κ2) is 7.92. The van der Waals surface area contributed by atoms with Crippen LogP contribution in [0, 0.1) is 20.8 Å². The van der Waals surface area contributed by atoms with Gasteiger partial charge in [0.25, 0.3) is 11.8 Å². The quantitative estimate of drug-likeness (QED) is 0.487. The Balaban J connectivity index is 1.71. The molecule has 0 radical (unpaired) electrons. The normalized spacial score (nSPS) is 15.7. The Morgan fingerprint density at radius 1 is 1.10 bits per heavy atom. The number of halogens is 1. The van der Waals surface area contributed by atoms with E-state index in [9.17, 15) is 14.4 Å². The number of nitrogens with one attached hydrogen (secondary N) is 1. The minimum atomic E-state index is -0.775. The van der Waals surface area contributed by atoms with E-state index in [0.717, 1.165) is 27.5 Å². The van der Waals surface area contributed by atoms with E-state index in [1.807, 2.05) is 49.6 Å². The molecule has 1 saturated heterocycles. The molecule has 1 N–H and O–H groups in total. The topological polar surface area (TPSA) is 84.6 Å². The van der Waals surface area contributed by atoms with Crippen LogP contribution >= 0.6 is 11.6 Å². The zero-order valence-electron chi connectivity index (χ0n) is 17.2. The van der Waals surface area contributed by atoms with Crippen LogP contribution < -0.4 is 5.32 Å². The molecule has 0 atom stereocenters. The van der Waals surface area contributed by atoms with Crippen LogP contribution in [0.25, 0.3) is 11.8 Å². The monoisotopic (exact) mass is 437 g/mol. The molecular weight excluding hydrogens is 418 g/mol. The molecule has 3 aromatic rings. The van der Waals surface area contributed by atoms with Crippen molar-refractivity contribution in [3.8, 4) is 5.69 Å². The Hall–Kier alpha value is -3.58. The van der Waals surface area contributed by atoms with Crippen LogP contribution in [0.2, 0.25) is 5.02 Å². The third-order valence-electron chi connectivity index (χ3n) is 5.26. The Morgan fingerprint density at radius 2 is 1.87 bits per heavy atom. The molecule has 1 aliphatic rings. The number of carbonyl (C=O) groups excluding carboxylic acids is 3. The van der Waals surface area contributed by atoms with Crippen LogP contribution in [-0.2, 0) is 16.1 Å². The summed E-state index contributed by atoms with van der Waals surface area (Å²) in [5.74, 6) is -0.964. The Morgan fingerprint density at radius 3 is 2.55 bits per heavy atom. The molecule has 0 spiro atoms. The Labute approximate surface area is 183 Å². The van der Waals surface area contributed by atoms with Crippen LogP contribution in [0.3, 0.4) is 0 Å². The van der Waals surface area contributed by atoms with Gasteiger partial charge in [0.1, 0.15) is 11.3 Å². The largest absolute Gasteiger partial charge is 0.467 e. The summed E-state index contributed by atoms with van der Waals surface area (Å²) < 4.78 is 7.22. The molecular formula is C23H20ClN3O4. The van der Waals surface area contributed by atoms with Crippen molar-refractivity contribution in [1.29, 1.82) is 0 Å². The van der Waals surface area contributed by atoms with E-state index in [1.165, 1.54) is 12.3 Å². The lowest BCUT2D eigenvalue weighted by atomic mass is 10.1. The van der Waals surface area contributed by atoms with E-state index in [4.69, 9.17) is 16.0 Å². The lowest BCUT2D eigenvalue weighted by Crippen LogP contribution is -2.53. The van der Waals surface area contributed by atoms with Crippen LogP contribution in [0.1, 0.15) is 28.3 Å². The van der Waals surface area contributed by atoms with Crippen molar-refractivity contribution < 1.29 is 18.8 Å². The molecule has 1 fully saturated rings. The van der Waals surface area contributed by atoms with Gasteiger partial charge < -0.3 is 8.98 Å². The van der Waals surface area contributed by atoms with Crippen molar-refractivity contribution in [1.82, 2.24) is 14.8 Å². The standard InChI is InChI=1S/C23H20ClN3O4/c1-13-6-7-17(11-20(13)24)27-14(2)9-16(15(27)3)10-19-21(28)25-23(30)26(22(19)29)12-18-5-4-8-31-18/h4-11H,12H2,1-3H3,(H,25,28,30)/b19-10+. The fraction of sp³-hybridized carbons (Fsp3) is 0.174. The average Bonchev–Trinajstić information content (AvgIpc) is 3.32. The molecule has 0 unspecified atom stereocenters. The predicted octanol–water partition coefficient (Wildman–Crippen LogP) is 4.31. The molecule has 1 aromatic carbocycles. The smallest absolute Gasteiger partial charge is 0.331 e. The molecule has 0 saturated carbocycles. The third kappa shape index (κ3) is 3.80. The molecule has 2 aromatic heterocycles. The molecule has 8 heteroatoms. The summed E-state index contributed by atoms with van der Waals surface area (Å²) in [6.45, 7) is 5.69. The maximum atomic E-state index is 12.9. The summed E-state index contributed by atoms with van der Waals surface area (Å²) in [5.41, 5.74) is 4.18. The number of benzene rings is 1. The second-order valence-corrected chi connectivity index (χ2v) is 7.79. The van der Waals surface area contributed by atoms with E-state index in [0.29, 0.717) is 16.3 Å². The summed E-state index contributed by atoms with van der Waals surface area (Å²) in [6.07, 6.45) is 2.96. The number of hydrogen-bond acceptors (Lipinski definition) is 4. The van der Waals surface area contributed by atoms with Crippen molar-refractivity contribution >= 4 is 35.5 Å². The highest BCUT2D eigenvalue weighted by Crippen LogP contribution is 2.27. The molecule has 31 heavy (non-hydrogen) atoms. The molecule has 4 rings (SSSR count). The number of hydrogen-bond donors (Lipinski definition) is 1. The minimum Gasteiger partial charge on any atom is -0.467 e. The van der Waals surface area contributed by atoms with Gasteiger partial charge in [0, 0.05) is 22.1 Å². The first-order valence-electron chi connectivity index (χ1n) is 9.63. The van der Waals surface area contributed by atoms with Crippen LogP contribution in [0.15, 0.2) is 52.7 Å². The van der Waals surface area contributed by atoms with Gasteiger partial charge in [0.05, 0.1) is 12.8 Å². The molecule has 0 bridgehead atoms. The van der Waals surface area contributed by atoms with Gasteiger partial charge in [-0.05, 0) is 68.3 Å². The van der Waals surface area contributed by atoms with Crippen molar-refractivity contribution in [3.05, 3.63) is 81.5 Å². The fourth-order valence-corrected chi connectivity index (χ4v) is 3.78. The molecule has 4 amide bonds. The zero-order valence-corrected chi connectivity index (χ0v) is 18.0. The number of imide groups is 2. The first-order valence-corrected chi connectivity index (χ1v) is 10.0. The van der Waals surface area contributed by atoms with Gasteiger partial charge in [-0.25, -0.2) is 4.79 Å². The first-order chi connectivity index (χ1) is 14.8. The van der Waals surface area contributed by atoms with Gasteiger partial charge >= 0.3 is 6.03 Å². The lowest BCUT2D eigenvalue weighted by Gasteiger charge is -2.25. The maximum absolute atomic E-state index is 12.9. The lowest BCUT2D eigenvalue weighted by molar-refractivity contribution is -0.130. The third-order valence-corrected chi connectivity index (χ3v) is 5.67. The van der Waals surface area contributed by atoms with Crippen molar-refractivity contribution in [3.63, 3.8) is 0 Å². The van der Waals surface area contributed by atoms with Gasteiger partial charge in [0.15, 0.2) is 0 Å². The van der Waals surface area contributed by atoms with Crippen LogP contribution in [-0.4, -0.2) is 27.3 Å². The number of furan rings is 1. The highest BCUT2D eigenvalue weighted by atomic mass is 35.5. The fourth-order valence-electron chi connectivity index (χ4n) is 3.60.